The van der Waals surface area contributed by atoms with Gasteiger partial charge in [-0.15, -0.1) is 22.1 Å². The van der Waals surface area contributed by atoms with Gasteiger partial charge in [-0.05, 0) is 24.3 Å². The topological polar surface area (TPSA) is 71.1 Å². The van der Waals surface area contributed by atoms with Gasteiger partial charge in [-0.1, -0.05) is 48.5 Å². The van der Waals surface area contributed by atoms with E-state index in [-0.39, 0.29) is 0 Å². The Kier molecular flexibility index (Phi) is 4.67. The van der Waals surface area contributed by atoms with Crippen LogP contribution in [0.25, 0.3) is 46.4 Å². The first-order valence-corrected chi connectivity index (χ1v) is 8.95. The molecule has 0 aromatic carbocycles. The first-order chi connectivity index (χ1) is 12.8. The molecule has 122 valence electrons. The van der Waals surface area contributed by atoms with Gasteiger partial charge >= 0.3 is 27.5 Å². The molecule has 0 saturated carbocycles. The number of rotatable bonds is 0. The van der Waals surface area contributed by atoms with Crippen LogP contribution in [0.15, 0.2) is 48.5 Å². The van der Waals surface area contributed by atoms with E-state index in [1.165, 1.54) is 0 Å². The van der Waals surface area contributed by atoms with Crippen molar-refractivity contribution in [1.29, 1.82) is 0 Å². The summed E-state index contributed by atoms with van der Waals surface area (Å²) in [7, 11) is 0. The number of aromatic nitrogens is 4. The predicted molar refractivity (Wildman–Crippen MR) is 97.5 cm³/mol. The van der Waals surface area contributed by atoms with Gasteiger partial charge in [-0.3, -0.25) is 0 Å². The molecule has 26 heavy (non-hydrogen) atoms. The van der Waals surface area contributed by atoms with Crippen molar-refractivity contribution >= 4 is 46.4 Å². The van der Waals surface area contributed by atoms with Crippen LogP contribution in [-0.4, -0.2) is 9.97 Å². The van der Waals surface area contributed by atoms with Crippen LogP contribution in [0, 0.1) is 0 Å². The molecule has 3 aromatic rings. The second-order valence-corrected chi connectivity index (χ2v) is 5.76. The zero-order valence-electron chi connectivity index (χ0n) is 13.6. The second-order valence-electron chi connectivity index (χ2n) is 5.76. The van der Waals surface area contributed by atoms with E-state index in [0.29, 0.717) is 24.7 Å². The summed E-state index contributed by atoms with van der Waals surface area (Å²) in [4.78, 5) is 18.4. The number of hydrogen-bond donors (Lipinski definition) is 0. The van der Waals surface area contributed by atoms with Crippen LogP contribution in [0.2, 0.25) is 0 Å². The van der Waals surface area contributed by atoms with E-state index < -0.39 is 0 Å². The summed E-state index contributed by atoms with van der Waals surface area (Å²) < 4.78 is 8.34. The fourth-order valence-corrected chi connectivity index (χ4v) is 2.83. The molecule has 3 aromatic heterocycles. The second kappa shape index (κ2) is 7.26. The Morgan fingerprint density at radius 1 is 0.538 bits per heavy atom. The first kappa shape index (κ1) is 16.7. The molecule has 5 heterocycles. The Balaban J connectivity index is 0.000000814. The third kappa shape index (κ3) is 3.61. The van der Waals surface area contributed by atoms with Gasteiger partial charge < -0.3 is 9.97 Å². The van der Waals surface area contributed by atoms with Crippen molar-refractivity contribution < 1.29 is 27.5 Å². The van der Waals surface area contributed by atoms with Crippen LogP contribution in [0.4, 0.5) is 0 Å². The zero-order valence-corrected chi connectivity index (χ0v) is 16.1. The molecular formula is C20H12N4OZr. The van der Waals surface area contributed by atoms with Crippen molar-refractivity contribution in [3.63, 3.8) is 0 Å². The quantitative estimate of drug-likeness (QED) is 0.385. The maximum atomic E-state index is 8.34. The van der Waals surface area contributed by atoms with Crippen molar-refractivity contribution in [2.24, 2.45) is 0 Å². The van der Waals surface area contributed by atoms with E-state index in [9.17, 15) is 0 Å². The molecule has 5 rings (SSSR count). The molecule has 2 aliphatic heterocycles. The van der Waals surface area contributed by atoms with Gasteiger partial charge in [0, 0.05) is 0 Å². The molecule has 0 spiro atoms. The normalized spacial score (nSPS) is 11.9. The van der Waals surface area contributed by atoms with E-state index in [4.69, 9.17) is 2.81 Å². The van der Waals surface area contributed by atoms with Crippen LogP contribution >= 0.6 is 0 Å². The van der Waals surface area contributed by atoms with Gasteiger partial charge in [0.1, 0.15) is 0 Å². The number of hydrogen-bond acceptors (Lipinski definition) is 3. The standard InChI is InChI=1S/C20H12N4.O.Zr/c1-2-14-10-16-5-6-18(23-16)12-20-8-7-19(24-20)11-17-4-3-15(22-17)9-13(1)21-14;;/h1-12H;;/q-2;;+2. The molecular weight excluding hydrogens is 403 g/mol. The van der Waals surface area contributed by atoms with E-state index in [1.54, 1.807) is 0 Å². The summed E-state index contributed by atoms with van der Waals surface area (Å²) in [6.45, 7) is 0. The Hall–Kier alpha value is -2.72. The SMILES string of the molecule is C1=Cc2cc3ccc(cc4nc(cc5ccc(cc1n2)[n-]5)C=C4)[n-]3.[O]=[Zr+2]. The van der Waals surface area contributed by atoms with E-state index in [1.807, 2.05) is 72.8 Å². The van der Waals surface area contributed by atoms with Gasteiger partial charge in [0.2, 0.25) is 0 Å². The first-order valence-electron chi connectivity index (χ1n) is 7.95. The fraction of sp³-hybridized carbons (Fsp3) is 0. The molecule has 6 heteroatoms. The van der Waals surface area contributed by atoms with E-state index in [2.05, 4.69) is 19.9 Å². The van der Waals surface area contributed by atoms with Gasteiger partial charge in [0.25, 0.3) is 0 Å². The third-order valence-electron chi connectivity index (χ3n) is 3.92. The van der Waals surface area contributed by atoms with Crippen LogP contribution < -0.4 is 9.97 Å². The fourth-order valence-electron chi connectivity index (χ4n) is 2.83. The molecule has 0 N–H and O–H groups in total. The maximum absolute atomic E-state index is 8.34. The van der Waals surface area contributed by atoms with Crippen molar-refractivity contribution in [2.45, 2.75) is 0 Å². The monoisotopic (exact) mass is 414 g/mol. The van der Waals surface area contributed by atoms with Crippen molar-refractivity contribution in [1.82, 2.24) is 19.9 Å². The summed E-state index contributed by atoms with van der Waals surface area (Å²) in [6.07, 6.45) is 7.95. The predicted octanol–water partition coefficient (Wildman–Crippen LogP) is 3.79. The van der Waals surface area contributed by atoms with Crippen LogP contribution in [0.3, 0.4) is 0 Å². The third-order valence-corrected chi connectivity index (χ3v) is 3.92. The molecule has 0 amide bonds. The van der Waals surface area contributed by atoms with Gasteiger partial charge in [0.05, 0.1) is 22.8 Å². The Morgan fingerprint density at radius 2 is 0.808 bits per heavy atom. The van der Waals surface area contributed by atoms with Crippen molar-refractivity contribution in [3.8, 4) is 0 Å². The average Bonchev–Trinajstić information content (AvgIpc) is 3.42. The molecule has 0 aliphatic carbocycles. The molecule has 0 atom stereocenters. The Morgan fingerprint density at radius 3 is 1.08 bits per heavy atom. The minimum absolute atomic E-state index is 0.300. The van der Waals surface area contributed by atoms with Crippen molar-refractivity contribution in [2.75, 3.05) is 0 Å². The molecule has 0 saturated heterocycles. The molecule has 0 fully saturated rings. The van der Waals surface area contributed by atoms with Crippen LogP contribution in [-0.2, 0) is 27.5 Å². The van der Waals surface area contributed by atoms with E-state index >= 15 is 0 Å². The molecule has 0 unspecified atom stereocenters. The summed E-state index contributed by atoms with van der Waals surface area (Å²) in [6, 6.07) is 15.9. The average molecular weight is 416 g/mol. The Bertz CT molecular complexity index is 1010. The van der Waals surface area contributed by atoms with Crippen molar-refractivity contribution in [3.05, 3.63) is 71.3 Å². The molecule has 0 radical (unpaired) electrons. The van der Waals surface area contributed by atoms with Gasteiger partial charge in [-0.2, -0.15) is 0 Å². The molecule has 5 nitrogen and oxygen atoms in total. The van der Waals surface area contributed by atoms with E-state index in [0.717, 1.165) is 44.8 Å². The van der Waals surface area contributed by atoms with Crippen LogP contribution in [0.1, 0.15) is 22.8 Å². The summed E-state index contributed by atoms with van der Waals surface area (Å²) in [5, 5.41) is 0. The molecule has 2 aliphatic rings. The summed E-state index contributed by atoms with van der Waals surface area (Å²) in [5.74, 6) is 0. The number of nitrogens with zero attached hydrogens (tertiary/aromatic N) is 4. The summed E-state index contributed by atoms with van der Waals surface area (Å²) in [5.41, 5.74) is 7.15. The minimum atomic E-state index is 0.300. The molecule has 8 bridgehead atoms. The van der Waals surface area contributed by atoms with Gasteiger partial charge in [0.15, 0.2) is 0 Å². The zero-order chi connectivity index (χ0) is 17.9. The van der Waals surface area contributed by atoms with Gasteiger partial charge in [-0.25, -0.2) is 9.97 Å². The summed E-state index contributed by atoms with van der Waals surface area (Å²) >= 11 is 0.300. The Labute approximate surface area is 164 Å². The number of fused-ring (bicyclic) bond motifs is 8. The van der Waals surface area contributed by atoms with Crippen LogP contribution in [0.5, 0.6) is 0 Å².